The van der Waals surface area contributed by atoms with Crippen molar-refractivity contribution in [2.45, 2.75) is 58.4 Å². The van der Waals surface area contributed by atoms with E-state index in [0.29, 0.717) is 37.4 Å². The third-order valence-corrected chi connectivity index (χ3v) is 8.33. The number of amides is 2. The van der Waals surface area contributed by atoms with E-state index in [9.17, 15) is 19.1 Å². The number of aromatic amines is 1. The smallest absolute Gasteiger partial charge is 0.235 e. The summed E-state index contributed by atoms with van der Waals surface area (Å²) in [5.41, 5.74) is 2.46. The first-order valence-corrected chi connectivity index (χ1v) is 13.4. The number of benzene rings is 2. The molecule has 0 saturated carbocycles. The van der Waals surface area contributed by atoms with E-state index in [1.807, 2.05) is 13.0 Å². The standard InChI is InChI=1S/C30H36FN3O4/c1-17(2)32-11-6-12-34-26(36)10-9-22-27(18-7-5-8-19(35)13-18)28-21(16-30(22,3)29(34)37)20-14-25(38-4)23(31)15-24(20)33-28/h5,7-8,13-15,17,22,27,32-33,35H,6,9-12,16H2,1-4H3/t22?,27-,30+/m0/s1. The summed E-state index contributed by atoms with van der Waals surface area (Å²) >= 11 is 0. The number of fused-ring (bicyclic) bond motifs is 4. The Morgan fingerprint density at radius 1 is 1.26 bits per heavy atom. The van der Waals surface area contributed by atoms with Crippen LogP contribution in [0.2, 0.25) is 0 Å². The average Bonchev–Trinajstić information content (AvgIpc) is 3.17. The number of carbonyl (C=O) groups is 2. The van der Waals surface area contributed by atoms with Gasteiger partial charge in [0.25, 0.3) is 0 Å². The molecule has 3 aromatic rings. The Bertz CT molecular complexity index is 1380. The number of nitrogens with zero attached hydrogens (tertiary/aromatic N) is 1. The monoisotopic (exact) mass is 521 g/mol. The van der Waals surface area contributed by atoms with Crippen LogP contribution in [0.5, 0.6) is 11.5 Å². The van der Waals surface area contributed by atoms with Crippen molar-refractivity contribution in [1.82, 2.24) is 15.2 Å². The number of hydrogen-bond donors (Lipinski definition) is 3. The van der Waals surface area contributed by atoms with Gasteiger partial charge in [0, 0.05) is 47.6 Å². The highest BCUT2D eigenvalue weighted by molar-refractivity contribution is 6.00. The molecule has 1 aromatic heterocycles. The number of hydrogen-bond acceptors (Lipinski definition) is 5. The van der Waals surface area contributed by atoms with Crippen molar-refractivity contribution in [3.8, 4) is 11.5 Å². The van der Waals surface area contributed by atoms with E-state index >= 15 is 0 Å². The molecule has 2 heterocycles. The van der Waals surface area contributed by atoms with Crippen LogP contribution < -0.4 is 10.1 Å². The number of ether oxygens (including phenoxy) is 1. The summed E-state index contributed by atoms with van der Waals surface area (Å²) in [6, 6.07) is 10.5. The van der Waals surface area contributed by atoms with Gasteiger partial charge in [-0.05, 0) is 61.1 Å². The number of phenolic OH excluding ortho intramolecular Hbond substituents is 1. The van der Waals surface area contributed by atoms with Gasteiger partial charge in [0.15, 0.2) is 11.6 Å². The second-order valence-corrected chi connectivity index (χ2v) is 11.2. The second-order valence-electron chi connectivity index (χ2n) is 11.2. The molecule has 8 heteroatoms. The number of rotatable bonds is 7. The minimum absolute atomic E-state index is 0.135. The fourth-order valence-corrected chi connectivity index (χ4v) is 6.48. The number of halogens is 1. The maximum absolute atomic E-state index is 14.7. The van der Waals surface area contributed by atoms with Gasteiger partial charge in [-0.3, -0.25) is 14.5 Å². The first-order valence-electron chi connectivity index (χ1n) is 13.4. The van der Waals surface area contributed by atoms with Crippen molar-refractivity contribution in [3.05, 3.63) is 59.0 Å². The fourth-order valence-electron chi connectivity index (χ4n) is 6.48. The van der Waals surface area contributed by atoms with E-state index in [1.165, 1.54) is 18.1 Å². The minimum Gasteiger partial charge on any atom is -0.508 e. The molecule has 2 aromatic carbocycles. The van der Waals surface area contributed by atoms with Crippen LogP contribution in [0.25, 0.3) is 10.9 Å². The zero-order chi connectivity index (χ0) is 27.2. The van der Waals surface area contributed by atoms with Crippen LogP contribution in [0, 0.1) is 17.2 Å². The largest absolute Gasteiger partial charge is 0.508 e. The molecule has 1 aliphatic heterocycles. The Morgan fingerprint density at radius 3 is 2.76 bits per heavy atom. The molecule has 1 unspecified atom stereocenters. The molecule has 2 aliphatic rings. The lowest BCUT2D eigenvalue weighted by molar-refractivity contribution is -0.151. The molecule has 1 fully saturated rings. The maximum Gasteiger partial charge on any atom is 0.235 e. The molecule has 0 radical (unpaired) electrons. The van der Waals surface area contributed by atoms with Gasteiger partial charge in [0.2, 0.25) is 11.8 Å². The summed E-state index contributed by atoms with van der Waals surface area (Å²) in [5, 5.41) is 14.5. The Hall–Kier alpha value is -3.39. The summed E-state index contributed by atoms with van der Waals surface area (Å²) in [6.07, 6.45) is 1.91. The molecular formula is C30H36FN3O4. The highest BCUT2D eigenvalue weighted by atomic mass is 19.1. The van der Waals surface area contributed by atoms with Crippen LogP contribution in [0.4, 0.5) is 4.39 Å². The van der Waals surface area contributed by atoms with Gasteiger partial charge in [-0.15, -0.1) is 0 Å². The molecular weight excluding hydrogens is 485 g/mol. The minimum atomic E-state index is -0.864. The predicted molar refractivity (Wildman–Crippen MR) is 144 cm³/mol. The Morgan fingerprint density at radius 2 is 2.05 bits per heavy atom. The number of aromatic nitrogens is 1. The summed E-state index contributed by atoms with van der Waals surface area (Å²) < 4.78 is 19.9. The number of nitrogens with one attached hydrogen (secondary N) is 2. The van der Waals surface area contributed by atoms with Crippen LogP contribution >= 0.6 is 0 Å². The summed E-state index contributed by atoms with van der Waals surface area (Å²) in [5.74, 6) is -0.951. The Kier molecular flexibility index (Phi) is 6.94. The molecule has 5 rings (SSSR count). The maximum atomic E-state index is 14.7. The average molecular weight is 522 g/mol. The number of H-pyrrole nitrogens is 1. The van der Waals surface area contributed by atoms with Crippen LogP contribution in [0.3, 0.4) is 0 Å². The molecule has 202 valence electrons. The van der Waals surface area contributed by atoms with E-state index in [0.717, 1.165) is 28.8 Å². The van der Waals surface area contributed by atoms with Gasteiger partial charge in [-0.1, -0.05) is 32.9 Å². The van der Waals surface area contributed by atoms with Gasteiger partial charge in [-0.25, -0.2) is 4.39 Å². The number of likely N-dealkylation sites (tertiary alicyclic amines) is 1. The summed E-state index contributed by atoms with van der Waals surface area (Å²) in [4.78, 5) is 32.4. The fraction of sp³-hybridized carbons (Fsp3) is 0.467. The lowest BCUT2D eigenvalue weighted by Crippen LogP contribution is -2.51. The van der Waals surface area contributed by atoms with Crippen molar-refractivity contribution in [2.75, 3.05) is 20.2 Å². The van der Waals surface area contributed by atoms with Crippen molar-refractivity contribution in [2.24, 2.45) is 11.3 Å². The van der Waals surface area contributed by atoms with E-state index in [4.69, 9.17) is 4.74 Å². The van der Waals surface area contributed by atoms with Gasteiger partial charge >= 0.3 is 0 Å². The molecule has 1 aliphatic carbocycles. The van der Waals surface area contributed by atoms with E-state index in [1.54, 1.807) is 24.3 Å². The van der Waals surface area contributed by atoms with Crippen molar-refractivity contribution >= 4 is 22.7 Å². The number of aromatic hydroxyl groups is 1. The molecule has 1 saturated heterocycles. The number of methoxy groups -OCH3 is 1. The van der Waals surface area contributed by atoms with Gasteiger partial charge in [0.1, 0.15) is 5.75 Å². The number of carbonyl (C=O) groups excluding carboxylic acids is 2. The first-order chi connectivity index (χ1) is 18.1. The van der Waals surface area contributed by atoms with E-state index in [2.05, 4.69) is 24.1 Å². The third kappa shape index (κ3) is 4.45. The lowest BCUT2D eigenvalue weighted by atomic mass is 9.59. The molecule has 3 N–H and O–H groups in total. The Labute approximate surface area is 222 Å². The molecule has 3 atom stereocenters. The van der Waals surface area contributed by atoms with Crippen LogP contribution in [-0.2, 0) is 16.0 Å². The second kappa shape index (κ2) is 10.1. The highest BCUT2D eigenvalue weighted by Crippen LogP contribution is 2.55. The lowest BCUT2D eigenvalue weighted by Gasteiger charge is -2.45. The normalized spacial score (nSPS) is 23.5. The third-order valence-electron chi connectivity index (χ3n) is 8.33. The summed E-state index contributed by atoms with van der Waals surface area (Å²) in [7, 11) is 1.43. The van der Waals surface area contributed by atoms with E-state index < -0.39 is 11.2 Å². The number of imide groups is 1. The van der Waals surface area contributed by atoms with Gasteiger partial charge < -0.3 is 20.1 Å². The Balaban J connectivity index is 1.63. The zero-order valence-electron chi connectivity index (χ0n) is 22.4. The van der Waals surface area contributed by atoms with Crippen molar-refractivity contribution in [3.63, 3.8) is 0 Å². The van der Waals surface area contributed by atoms with Gasteiger partial charge in [0.05, 0.1) is 12.5 Å². The molecule has 0 bridgehead atoms. The molecule has 7 nitrogen and oxygen atoms in total. The van der Waals surface area contributed by atoms with Crippen molar-refractivity contribution < 1.29 is 23.8 Å². The van der Waals surface area contributed by atoms with Crippen LogP contribution in [-0.4, -0.2) is 53.0 Å². The predicted octanol–water partition coefficient (Wildman–Crippen LogP) is 4.87. The first kappa shape index (κ1) is 26.2. The molecule has 38 heavy (non-hydrogen) atoms. The SMILES string of the molecule is COc1cc2c3c([nH]c2cc1F)[C@@H](c1cccc(O)c1)C1CCC(=O)N(CCCNC(C)C)C(=O)[C@]1(C)C3. The van der Waals surface area contributed by atoms with Crippen LogP contribution in [0.15, 0.2) is 36.4 Å². The zero-order valence-corrected chi connectivity index (χ0v) is 22.4. The molecule has 2 amide bonds. The summed E-state index contributed by atoms with van der Waals surface area (Å²) in [6.45, 7) is 7.19. The van der Waals surface area contributed by atoms with Gasteiger partial charge in [-0.2, -0.15) is 0 Å². The number of phenols is 1. The quantitative estimate of drug-likeness (QED) is 0.305. The van der Waals surface area contributed by atoms with E-state index in [-0.39, 0.29) is 41.6 Å². The van der Waals surface area contributed by atoms with Crippen LogP contribution in [0.1, 0.15) is 62.8 Å². The van der Waals surface area contributed by atoms with Crippen molar-refractivity contribution in [1.29, 1.82) is 0 Å². The topological polar surface area (TPSA) is 94.7 Å². The highest BCUT2D eigenvalue weighted by Gasteiger charge is 2.54. The molecule has 0 spiro atoms.